The van der Waals surface area contributed by atoms with Gasteiger partial charge < -0.3 is 4.74 Å². The molecule has 62 valence electrons. The minimum absolute atomic E-state index is 0.0413. The molecule has 3 nitrogen and oxygen atoms in total. The van der Waals surface area contributed by atoms with Gasteiger partial charge in [-0.3, -0.25) is 0 Å². The zero-order valence-corrected chi connectivity index (χ0v) is 6.33. The van der Waals surface area contributed by atoms with Gasteiger partial charge in [-0.2, -0.15) is 5.26 Å². The average Bonchev–Trinajstić information content (AvgIpc) is 2.15. The van der Waals surface area contributed by atoms with Crippen molar-refractivity contribution in [1.29, 1.82) is 5.26 Å². The summed E-state index contributed by atoms with van der Waals surface area (Å²) in [5.74, 6) is 0.331. The van der Waals surface area contributed by atoms with Gasteiger partial charge in [-0.05, 0) is 12.1 Å². The molecule has 0 fully saturated rings. The van der Waals surface area contributed by atoms with Crippen LogP contribution in [0.4, 0.5) is 4.39 Å². The molecule has 0 N–H and O–H groups in total. The van der Waals surface area contributed by atoms with Crippen LogP contribution in [0, 0.1) is 11.3 Å². The minimum atomic E-state index is -0.570. The van der Waals surface area contributed by atoms with Crippen molar-refractivity contribution in [3.8, 4) is 11.8 Å². The summed E-state index contributed by atoms with van der Waals surface area (Å²) in [6.07, 6.45) is 1.49. The Morgan fingerprint density at radius 3 is 3.17 bits per heavy atom. The molecule has 1 aromatic rings. The second-order valence-electron chi connectivity index (χ2n) is 2.00. The van der Waals surface area contributed by atoms with Gasteiger partial charge in [0.15, 0.2) is 11.4 Å². The third-order valence-electron chi connectivity index (χ3n) is 1.21. The van der Waals surface area contributed by atoms with Gasteiger partial charge in [0.2, 0.25) is 0 Å². The van der Waals surface area contributed by atoms with Crippen LogP contribution in [0.25, 0.3) is 0 Å². The molecule has 0 aliphatic rings. The van der Waals surface area contributed by atoms with Gasteiger partial charge in [0, 0.05) is 6.20 Å². The van der Waals surface area contributed by atoms with Crippen molar-refractivity contribution in [2.75, 3.05) is 13.3 Å². The molecule has 0 aliphatic heterocycles. The van der Waals surface area contributed by atoms with Crippen LogP contribution in [0.15, 0.2) is 18.3 Å². The van der Waals surface area contributed by atoms with E-state index in [0.29, 0.717) is 5.75 Å². The molecule has 1 aromatic heterocycles. The first-order valence-electron chi connectivity index (χ1n) is 3.42. The minimum Gasteiger partial charge on any atom is -0.488 e. The maximum Gasteiger partial charge on any atom is 0.182 e. The summed E-state index contributed by atoms with van der Waals surface area (Å²) >= 11 is 0. The number of halogens is 1. The lowest BCUT2D eigenvalue weighted by Crippen LogP contribution is -2.00. The summed E-state index contributed by atoms with van der Waals surface area (Å²) in [7, 11) is 0. The SMILES string of the molecule is N#Cc1ncccc1OCCF. The van der Waals surface area contributed by atoms with Crippen LogP contribution in [-0.2, 0) is 0 Å². The number of alkyl halides is 1. The zero-order chi connectivity index (χ0) is 8.81. The van der Waals surface area contributed by atoms with Gasteiger partial charge in [-0.25, -0.2) is 9.37 Å². The van der Waals surface area contributed by atoms with Crippen molar-refractivity contribution in [2.45, 2.75) is 0 Å². The molecule has 1 rings (SSSR count). The van der Waals surface area contributed by atoms with E-state index in [2.05, 4.69) is 4.98 Å². The number of pyridine rings is 1. The molecule has 0 bridgehead atoms. The molecule has 0 saturated carbocycles. The van der Waals surface area contributed by atoms with Gasteiger partial charge in [0.25, 0.3) is 0 Å². The highest BCUT2D eigenvalue weighted by molar-refractivity contribution is 5.36. The normalized spacial score (nSPS) is 9.00. The third kappa shape index (κ3) is 1.92. The lowest BCUT2D eigenvalue weighted by Gasteiger charge is -2.02. The molecule has 0 atom stereocenters. The lowest BCUT2D eigenvalue weighted by atomic mass is 10.3. The van der Waals surface area contributed by atoms with Crippen LogP contribution in [0.1, 0.15) is 5.69 Å². The summed E-state index contributed by atoms with van der Waals surface area (Å²) in [4.78, 5) is 3.74. The Balaban J connectivity index is 2.77. The Kier molecular flexibility index (Phi) is 3.03. The molecular formula is C8H7FN2O. The number of ether oxygens (including phenoxy) is 1. The van der Waals surface area contributed by atoms with E-state index in [4.69, 9.17) is 10.00 Å². The van der Waals surface area contributed by atoms with Crippen molar-refractivity contribution in [3.05, 3.63) is 24.0 Å². The van der Waals surface area contributed by atoms with Gasteiger partial charge in [-0.15, -0.1) is 0 Å². The fourth-order valence-electron chi connectivity index (χ4n) is 0.740. The summed E-state index contributed by atoms with van der Waals surface area (Å²) < 4.78 is 16.6. The average molecular weight is 166 g/mol. The highest BCUT2D eigenvalue weighted by atomic mass is 19.1. The molecule has 4 heteroatoms. The van der Waals surface area contributed by atoms with Gasteiger partial charge in [0.05, 0.1) is 0 Å². The first kappa shape index (κ1) is 8.47. The fourth-order valence-corrected chi connectivity index (χ4v) is 0.740. The van der Waals surface area contributed by atoms with Crippen LogP contribution >= 0.6 is 0 Å². The quantitative estimate of drug-likeness (QED) is 0.679. The maximum absolute atomic E-state index is 11.7. The van der Waals surface area contributed by atoms with E-state index >= 15 is 0 Å². The zero-order valence-electron chi connectivity index (χ0n) is 6.33. The van der Waals surface area contributed by atoms with Crippen molar-refractivity contribution < 1.29 is 9.13 Å². The molecule has 0 spiro atoms. The van der Waals surface area contributed by atoms with Crippen LogP contribution in [0.2, 0.25) is 0 Å². The van der Waals surface area contributed by atoms with Gasteiger partial charge >= 0.3 is 0 Å². The topological polar surface area (TPSA) is 45.9 Å². The molecule has 1 heterocycles. The van der Waals surface area contributed by atoms with Crippen molar-refractivity contribution >= 4 is 0 Å². The summed E-state index contributed by atoms with van der Waals surface area (Å²) in [6.45, 7) is -0.611. The van der Waals surface area contributed by atoms with E-state index in [9.17, 15) is 4.39 Å². The maximum atomic E-state index is 11.7. The third-order valence-corrected chi connectivity index (χ3v) is 1.21. The van der Waals surface area contributed by atoms with Gasteiger partial charge in [0.1, 0.15) is 19.4 Å². The molecule has 0 saturated heterocycles. The second-order valence-corrected chi connectivity index (χ2v) is 2.00. The molecule has 12 heavy (non-hydrogen) atoms. The number of hydrogen-bond acceptors (Lipinski definition) is 3. The number of nitrogens with zero attached hydrogens (tertiary/aromatic N) is 2. The van der Waals surface area contributed by atoms with Crippen molar-refractivity contribution in [2.24, 2.45) is 0 Å². The van der Waals surface area contributed by atoms with Crippen molar-refractivity contribution in [1.82, 2.24) is 4.98 Å². The summed E-state index contributed by atoms with van der Waals surface area (Å²) in [5, 5.41) is 8.53. The first-order chi connectivity index (χ1) is 5.88. The Morgan fingerprint density at radius 1 is 1.67 bits per heavy atom. The van der Waals surface area contributed by atoms with E-state index < -0.39 is 6.67 Å². The van der Waals surface area contributed by atoms with Crippen molar-refractivity contribution in [3.63, 3.8) is 0 Å². The molecule has 0 amide bonds. The number of hydrogen-bond donors (Lipinski definition) is 0. The summed E-state index contributed by atoms with van der Waals surface area (Å²) in [5.41, 5.74) is 0.186. The predicted octanol–water partition coefficient (Wildman–Crippen LogP) is 1.30. The molecule has 0 aromatic carbocycles. The Labute approximate surface area is 69.4 Å². The van der Waals surface area contributed by atoms with Crippen LogP contribution in [0.5, 0.6) is 5.75 Å². The summed E-state index contributed by atoms with van der Waals surface area (Å²) in [6, 6.07) is 5.06. The second kappa shape index (κ2) is 4.29. The molecule has 0 radical (unpaired) electrons. The number of rotatable bonds is 3. The van der Waals surface area contributed by atoms with E-state index in [-0.39, 0.29) is 12.3 Å². The van der Waals surface area contributed by atoms with Crippen LogP contribution < -0.4 is 4.74 Å². The van der Waals surface area contributed by atoms with Gasteiger partial charge in [-0.1, -0.05) is 0 Å². The number of nitriles is 1. The first-order valence-corrected chi connectivity index (χ1v) is 3.42. The highest BCUT2D eigenvalue weighted by Crippen LogP contribution is 2.13. The van der Waals surface area contributed by atoms with E-state index in [1.165, 1.54) is 6.20 Å². The highest BCUT2D eigenvalue weighted by Gasteiger charge is 2.01. The molecule has 0 aliphatic carbocycles. The Bertz CT molecular complexity index is 295. The Hall–Kier alpha value is -1.63. The van der Waals surface area contributed by atoms with Crippen LogP contribution in [0.3, 0.4) is 0 Å². The van der Waals surface area contributed by atoms with E-state index in [1.54, 1.807) is 12.1 Å². The molecule has 0 unspecified atom stereocenters. The fraction of sp³-hybridized carbons (Fsp3) is 0.250. The van der Waals surface area contributed by atoms with Crippen LogP contribution in [-0.4, -0.2) is 18.3 Å². The predicted molar refractivity (Wildman–Crippen MR) is 40.4 cm³/mol. The Morgan fingerprint density at radius 2 is 2.50 bits per heavy atom. The largest absolute Gasteiger partial charge is 0.488 e. The monoisotopic (exact) mass is 166 g/mol. The standard InChI is InChI=1S/C8H7FN2O/c9-3-5-12-8-2-1-4-11-7(8)6-10/h1-2,4H,3,5H2. The molecular weight excluding hydrogens is 159 g/mol. The van der Waals surface area contributed by atoms with E-state index in [0.717, 1.165) is 0 Å². The smallest absolute Gasteiger partial charge is 0.182 e. The lowest BCUT2D eigenvalue weighted by molar-refractivity contribution is 0.271. The van der Waals surface area contributed by atoms with E-state index in [1.807, 2.05) is 6.07 Å². The number of aromatic nitrogens is 1.